The molecule has 1 unspecified atom stereocenters. The molecule has 0 aromatic carbocycles. The first kappa shape index (κ1) is 18.0. The summed E-state index contributed by atoms with van der Waals surface area (Å²) < 4.78 is 0. The summed E-state index contributed by atoms with van der Waals surface area (Å²) in [5.74, 6) is 0.913. The van der Waals surface area contributed by atoms with Crippen LogP contribution in [0.1, 0.15) is 78.6 Å². The molecule has 1 rings (SSSR count). The van der Waals surface area contributed by atoms with Gasteiger partial charge in [0.05, 0.1) is 0 Å². The lowest BCUT2D eigenvalue weighted by molar-refractivity contribution is 0.148. The Kier molecular flexibility index (Phi) is 9.54. The maximum Gasteiger partial charge on any atom is 0.00934 e. The van der Waals surface area contributed by atoms with Gasteiger partial charge < -0.3 is 10.2 Å². The van der Waals surface area contributed by atoms with Crippen LogP contribution in [0, 0.1) is 5.92 Å². The molecule has 20 heavy (non-hydrogen) atoms. The standard InChI is InChI=1S/C18H38N2/c1-5-8-9-16(7-3)15-20(4)18-12-10-17(11-13-18)19-14-6-2/h16-19H,5-15H2,1-4H3. The first-order valence-corrected chi connectivity index (χ1v) is 9.14. The molecule has 1 saturated carbocycles. The molecule has 0 aromatic rings. The predicted octanol–water partition coefficient (Wildman–Crippen LogP) is 4.45. The maximum absolute atomic E-state index is 3.69. The zero-order chi connectivity index (χ0) is 14.8. The minimum absolute atomic E-state index is 0.793. The second kappa shape index (κ2) is 10.6. The fraction of sp³-hybridized carbons (Fsp3) is 1.00. The summed E-state index contributed by atoms with van der Waals surface area (Å²) in [6, 6.07) is 1.63. The van der Waals surface area contributed by atoms with E-state index in [2.05, 4.69) is 38.0 Å². The van der Waals surface area contributed by atoms with Gasteiger partial charge in [0.15, 0.2) is 0 Å². The van der Waals surface area contributed by atoms with Gasteiger partial charge in [0.1, 0.15) is 0 Å². The second-order valence-corrected chi connectivity index (χ2v) is 6.82. The van der Waals surface area contributed by atoms with Crippen molar-refractivity contribution < 1.29 is 0 Å². The summed E-state index contributed by atoms with van der Waals surface area (Å²) in [5.41, 5.74) is 0. The molecule has 2 nitrogen and oxygen atoms in total. The fourth-order valence-electron chi connectivity index (χ4n) is 3.54. The predicted molar refractivity (Wildman–Crippen MR) is 90.3 cm³/mol. The second-order valence-electron chi connectivity index (χ2n) is 6.82. The first-order valence-electron chi connectivity index (χ1n) is 9.14. The smallest absolute Gasteiger partial charge is 0.00934 e. The molecule has 0 bridgehead atoms. The van der Waals surface area contributed by atoms with E-state index in [9.17, 15) is 0 Å². The van der Waals surface area contributed by atoms with E-state index in [1.165, 1.54) is 70.9 Å². The van der Waals surface area contributed by atoms with Crippen molar-refractivity contribution in [1.82, 2.24) is 10.2 Å². The Morgan fingerprint density at radius 2 is 1.75 bits per heavy atom. The van der Waals surface area contributed by atoms with Crippen LogP contribution in [0.5, 0.6) is 0 Å². The summed E-state index contributed by atoms with van der Waals surface area (Å²) >= 11 is 0. The van der Waals surface area contributed by atoms with E-state index in [0.29, 0.717) is 0 Å². The summed E-state index contributed by atoms with van der Waals surface area (Å²) in [5, 5.41) is 3.69. The molecule has 1 atom stereocenters. The Morgan fingerprint density at radius 1 is 1.05 bits per heavy atom. The molecule has 1 aliphatic rings. The zero-order valence-corrected chi connectivity index (χ0v) is 14.5. The molecule has 0 radical (unpaired) electrons. The SMILES string of the molecule is CCCCC(CC)CN(C)C1CCC(NCCC)CC1. The molecule has 120 valence electrons. The van der Waals surface area contributed by atoms with E-state index in [-0.39, 0.29) is 0 Å². The first-order chi connectivity index (χ1) is 9.71. The van der Waals surface area contributed by atoms with Crippen LogP contribution < -0.4 is 5.32 Å². The average Bonchev–Trinajstić information content (AvgIpc) is 2.49. The summed E-state index contributed by atoms with van der Waals surface area (Å²) in [6.07, 6.45) is 12.3. The zero-order valence-electron chi connectivity index (χ0n) is 14.5. The number of nitrogens with zero attached hydrogens (tertiary/aromatic N) is 1. The maximum atomic E-state index is 3.69. The number of hydrogen-bond donors (Lipinski definition) is 1. The highest BCUT2D eigenvalue weighted by Crippen LogP contribution is 2.24. The molecule has 0 saturated heterocycles. The molecular weight excluding hydrogens is 244 g/mol. The third-order valence-corrected chi connectivity index (χ3v) is 5.09. The summed E-state index contributed by atoms with van der Waals surface area (Å²) in [4.78, 5) is 2.67. The highest BCUT2D eigenvalue weighted by atomic mass is 15.1. The molecule has 1 N–H and O–H groups in total. The third-order valence-electron chi connectivity index (χ3n) is 5.09. The van der Waals surface area contributed by atoms with Crippen LogP contribution in [0.25, 0.3) is 0 Å². The third kappa shape index (κ3) is 6.58. The van der Waals surface area contributed by atoms with Gasteiger partial charge in [-0.05, 0) is 58.0 Å². The summed E-state index contributed by atoms with van der Waals surface area (Å²) in [7, 11) is 2.36. The van der Waals surface area contributed by atoms with Crippen LogP contribution in [0.15, 0.2) is 0 Å². The van der Waals surface area contributed by atoms with Crippen LogP contribution in [-0.4, -0.2) is 37.1 Å². The Labute approximate surface area is 127 Å². The fourth-order valence-corrected chi connectivity index (χ4v) is 3.54. The van der Waals surface area contributed by atoms with Crippen molar-refractivity contribution in [2.45, 2.75) is 90.6 Å². The Balaban J connectivity index is 2.25. The normalized spacial score (nSPS) is 25.1. The van der Waals surface area contributed by atoms with Crippen LogP contribution in [0.3, 0.4) is 0 Å². The summed E-state index contributed by atoms with van der Waals surface area (Å²) in [6.45, 7) is 9.43. The van der Waals surface area contributed by atoms with Gasteiger partial charge in [0.25, 0.3) is 0 Å². The minimum atomic E-state index is 0.793. The highest BCUT2D eigenvalue weighted by molar-refractivity contribution is 4.82. The minimum Gasteiger partial charge on any atom is -0.314 e. The number of rotatable bonds is 10. The number of unbranched alkanes of at least 4 members (excludes halogenated alkanes) is 1. The van der Waals surface area contributed by atoms with Gasteiger partial charge in [-0.2, -0.15) is 0 Å². The van der Waals surface area contributed by atoms with Gasteiger partial charge >= 0.3 is 0 Å². The molecular formula is C18H38N2. The van der Waals surface area contributed by atoms with E-state index < -0.39 is 0 Å². The topological polar surface area (TPSA) is 15.3 Å². The van der Waals surface area contributed by atoms with E-state index in [1.54, 1.807) is 0 Å². The molecule has 0 heterocycles. The number of nitrogens with one attached hydrogen (secondary N) is 1. The van der Waals surface area contributed by atoms with E-state index >= 15 is 0 Å². The van der Waals surface area contributed by atoms with Crippen molar-refractivity contribution in [2.75, 3.05) is 20.1 Å². The lowest BCUT2D eigenvalue weighted by Gasteiger charge is -2.36. The van der Waals surface area contributed by atoms with Crippen LogP contribution in [-0.2, 0) is 0 Å². The largest absolute Gasteiger partial charge is 0.314 e. The van der Waals surface area contributed by atoms with E-state index in [1.807, 2.05) is 0 Å². The van der Waals surface area contributed by atoms with Crippen molar-refractivity contribution >= 4 is 0 Å². The monoisotopic (exact) mass is 282 g/mol. The van der Waals surface area contributed by atoms with Crippen LogP contribution in [0.4, 0.5) is 0 Å². The molecule has 2 heteroatoms. The highest BCUT2D eigenvalue weighted by Gasteiger charge is 2.24. The Hall–Kier alpha value is -0.0800. The van der Waals surface area contributed by atoms with E-state index in [4.69, 9.17) is 0 Å². The van der Waals surface area contributed by atoms with Crippen LogP contribution in [0.2, 0.25) is 0 Å². The van der Waals surface area contributed by atoms with Crippen molar-refractivity contribution in [3.05, 3.63) is 0 Å². The molecule has 1 aliphatic carbocycles. The van der Waals surface area contributed by atoms with Crippen LogP contribution >= 0.6 is 0 Å². The lowest BCUT2D eigenvalue weighted by atomic mass is 9.89. The van der Waals surface area contributed by atoms with Gasteiger partial charge in [-0.1, -0.05) is 40.0 Å². The van der Waals surface area contributed by atoms with Crippen molar-refractivity contribution in [3.63, 3.8) is 0 Å². The van der Waals surface area contributed by atoms with Gasteiger partial charge in [0.2, 0.25) is 0 Å². The molecule has 0 aromatic heterocycles. The van der Waals surface area contributed by atoms with Gasteiger partial charge in [-0.25, -0.2) is 0 Å². The van der Waals surface area contributed by atoms with Crippen molar-refractivity contribution in [3.8, 4) is 0 Å². The van der Waals surface area contributed by atoms with Gasteiger partial charge in [0, 0.05) is 18.6 Å². The molecule has 1 fully saturated rings. The Bertz CT molecular complexity index is 221. The van der Waals surface area contributed by atoms with E-state index in [0.717, 1.165) is 18.0 Å². The van der Waals surface area contributed by atoms with Crippen molar-refractivity contribution in [1.29, 1.82) is 0 Å². The molecule has 0 amide bonds. The molecule has 0 aliphatic heterocycles. The van der Waals surface area contributed by atoms with Gasteiger partial charge in [-0.15, -0.1) is 0 Å². The quantitative estimate of drug-likeness (QED) is 0.637. The van der Waals surface area contributed by atoms with Gasteiger partial charge in [-0.3, -0.25) is 0 Å². The lowest BCUT2D eigenvalue weighted by Crippen LogP contribution is -2.42. The van der Waals surface area contributed by atoms with Crippen molar-refractivity contribution in [2.24, 2.45) is 5.92 Å². The number of hydrogen-bond acceptors (Lipinski definition) is 2. The average molecular weight is 283 g/mol. The molecule has 0 spiro atoms. The Morgan fingerprint density at radius 3 is 2.30 bits per heavy atom.